The van der Waals surface area contributed by atoms with Gasteiger partial charge in [0, 0.05) is 29.4 Å². The van der Waals surface area contributed by atoms with Crippen molar-refractivity contribution in [1.82, 2.24) is 30.6 Å². The number of anilines is 4. The van der Waals surface area contributed by atoms with Crippen LogP contribution < -0.4 is 31.3 Å². The van der Waals surface area contributed by atoms with E-state index < -0.39 is 53.3 Å². The number of carbonyl (C=O) groups excluding carboxylic acids is 3. The minimum absolute atomic E-state index is 0.00133. The van der Waals surface area contributed by atoms with Gasteiger partial charge in [0.05, 0.1) is 15.8 Å². The Balaban J connectivity index is 1.03. The second-order valence-corrected chi connectivity index (χ2v) is 14.7. The standard InChI is InChI=1S/C35H32ClF4N9O4S/c1-33(2,17-42-27(51)28(52)45-32-44-24-12-9-22(37)15-25(24)54-32)16-41-26(50)19-3-10-23(11-4-19)43-29-46-30(48-31(47-29)53-18-35(38,39)40)49-34(13-14-34)20-5-7-21(36)8-6-20/h3-12,15H,13-14,16-18H2,1-2H3,(H,41,50)(H,42,51)(H,44,45,52)(H2,43,46,47,48,49). The number of halogens is 5. The van der Waals surface area contributed by atoms with Gasteiger partial charge in [-0.1, -0.05) is 48.9 Å². The molecule has 1 saturated carbocycles. The molecule has 1 aliphatic carbocycles. The van der Waals surface area contributed by atoms with Gasteiger partial charge in [0.15, 0.2) is 11.7 Å². The Morgan fingerprint density at radius 2 is 1.56 bits per heavy atom. The topological polar surface area (TPSA) is 172 Å². The summed E-state index contributed by atoms with van der Waals surface area (Å²) in [7, 11) is 0. The number of alkyl halides is 3. The first kappa shape index (κ1) is 38.1. The molecule has 0 saturated heterocycles. The van der Waals surface area contributed by atoms with E-state index in [-0.39, 0.29) is 30.1 Å². The van der Waals surface area contributed by atoms with Crippen molar-refractivity contribution in [2.75, 3.05) is 35.6 Å². The number of aromatic nitrogens is 4. The second kappa shape index (κ2) is 15.4. The van der Waals surface area contributed by atoms with Crippen LogP contribution in [0.4, 0.5) is 40.3 Å². The van der Waals surface area contributed by atoms with Crippen molar-refractivity contribution in [2.24, 2.45) is 5.41 Å². The first-order valence-corrected chi connectivity index (χ1v) is 17.5. The van der Waals surface area contributed by atoms with Crippen LogP contribution in [-0.2, 0) is 15.1 Å². The molecule has 6 rings (SSSR count). The average Bonchev–Trinajstić information content (AvgIpc) is 3.79. The minimum Gasteiger partial charge on any atom is -0.454 e. The fourth-order valence-electron chi connectivity index (χ4n) is 5.10. The molecule has 282 valence electrons. The fourth-order valence-corrected chi connectivity index (χ4v) is 6.11. The molecule has 0 spiro atoms. The summed E-state index contributed by atoms with van der Waals surface area (Å²) in [5.41, 5.74) is 0.907. The molecule has 2 aromatic heterocycles. The maximum Gasteiger partial charge on any atom is 0.422 e. The number of thiazole rings is 1. The molecule has 0 aliphatic heterocycles. The molecule has 2 heterocycles. The number of ether oxygens (including phenoxy) is 1. The summed E-state index contributed by atoms with van der Waals surface area (Å²) < 4.78 is 57.6. The van der Waals surface area contributed by atoms with Crippen molar-refractivity contribution in [3.8, 4) is 6.01 Å². The summed E-state index contributed by atoms with van der Waals surface area (Å²) in [5, 5.41) is 14.6. The molecule has 13 nitrogen and oxygen atoms in total. The van der Waals surface area contributed by atoms with Gasteiger partial charge in [0.2, 0.25) is 11.9 Å². The van der Waals surface area contributed by atoms with E-state index in [4.69, 9.17) is 16.3 Å². The summed E-state index contributed by atoms with van der Waals surface area (Å²) >= 11 is 7.06. The third kappa shape index (κ3) is 10.1. The number of benzene rings is 3. The largest absolute Gasteiger partial charge is 0.454 e. The van der Waals surface area contributed by atoms with Gasteiger partial charge in [-0.25, -0.2) is 9.37 Å². The number of carbonyl (C=O) groups is 3. The van der Waals surface area contributed by atoms with Crippen LogP contribution >= 0.6 is 22.9 Å². The monoisotopic (exact) mass is 785 g/mol. The van der Waals surface area contributed by atoms with E-state index in [0.29, 0.717) is 26.5 Å². The first-order valence-electron chi connectivity index (χ1n) is 16.4. The first-order chi connectivity index (χ1) is 25.5. The van der Waals surface area contributed by atoms with E-state index in [2.05, 4.69) is 46.5 Å². The fraction of sp³-hybridized carbons (Fsp3) is 0.286. The smallest absolute Gasteiger partial charge is 0.422 e. The van der Waals surface area contributed by atoms with Crippen LogP contribution in [0.3, 0.4) is 0 Å². The maximum atomic E-state index is 13.5. The molecule has 0 bridgehead atoms. The normalized spacial score (nSPS) is 13.5. The van der Waals surface area contributed by atoms with Crippen LogP contribution in [0.1, 0.15) is 42.6 Å². The Morgan fingerprint density at radius 3 is 2.24 bits per heavy atom. The molecule has 0 atom stereocenters. The lowest BCUT2D eigenvalue weighted by molar-refractivity contribution is -0.154. The Morgan fingerprint density at radius 1 is 0.870 bits per heavy atom. The van der Waals surface area contributed by atoms with E-state index in [9.17, 15) is 31.9 Å². The number of fused-ring (bicyclic) bond motifs is 1. The average molecular weight is 786 g/mol. The van der Waals surface area contributed by atoms with Gasteiger partial charge in [0.1, 0.15) is 5.82 Å². The van der Waals surface area contributed by atoms with Gasteiger partial charge >= 0.3 is 24.0 Å². The van der Waals surface area contributed by atoms with Crippen molar-refractivity contribution in [2.45, 2.75) is 38.4 Å². The van der Waals surface area contributed by atoms with Crippen molar-refractivity contribution >= 4 is 73.6 Å². The van der Waals surface area contributed by atoms with Crippen LogP contribution in [-0.4, -0.2) is 63.5 Å². The van der Waals surface area contributed by atoms with Crippen molar-refractivity contribution < 1.29 is 36.7 Å². The Labute approximate surface area is 314 Å². The number of rotatable bonds is 13. The van der Waals surface area contributed by atoms with Gasteiger partial charge in [-0.2, -0.15) is 28.1 Å². The summed E-state index contributed by atoms with van der Waals surface area (Å²) in [6, 6.07) is 16.8. The van der Waals surface area contributed by atoms with Gasteiger partial charge in [-0.15, -0.1) is 0 Å². The van der Waals surface area contributed by atoms with Gasteiger partial charge in [0.25, 0.3) is 5.91 Å². The summed E-state index contributed by atoms with van der Waals surface area (Å²) in [5.74, 6) is -2.81. The highest BCUT2D eigenvalue weighted by Gasteiger charge is 2.45. The van der Waals surface area contributed by atoms with E-state index in [0.717, 1.165) is 29.7 Å². The van der Waals surface area contributed by atoms with Crippen LogP contribution in [0.15, 0.2) is 66.7 Å². The van der Waals surface area contributed by atoms with Crippen LogP contribution in [0.5, 0.6) is 6.01 Å². The molecule has 3 amide bonds. The number of amides is 3. The number of hydrogen-bond acceptors (Lipinski definition) is 11. The minimum atomic E-state index is -4.62. The second-order valence-electron chi connectivity index (χ2n) is 13.2. The lowest BCUT2D eigenvalue weighted by Crippen LogP contribution is -2.44. The third-order valence-corrected chi connectivity index (χ3v) is 9.30. The van der Waals surface area contributed by atoms with Gasteiger partial charge < -0.3 is 26.0 Å². The molecule has 1 fully saturated rings. The Bertz CT molecular complexity index is 2180. The van der Waals surface area contributed by atoms with Crippen LogP contribution in [0.25, 0.3) is 10.2 Å². The molecule has 5 aromatic rings. The highest BCUT2D eigenvalue weighted by molar-refractivity contribution is 7.22. The SMILES string of the molecule is CC(C)(CNC(=O)C(=O)Nc1nc2ccc(F)cc2s1)CNC(=O)c1ccc(Nc2nc(NC3(c4ccc(Cl)cc4)CC3)nc(OCC(F)(F)F)n2)cc1. The van der Waals surface area contributed by atoms with Crippen LogP contribution in [0, 0.1) is 11.2 Å². The number of nitrogens with zero attached hydrogens (tertiary/aromatic N) is 4. The molecular weight excluding hydrogens is 754 g/mol. The van der Waals surface area contributed by atoms with E-state index in [1.165, 1.54) is 30.3 Å². The summed E-state index contributed by atoms with van der Waals surface area (Å²) in [6.07, 6.45) is -3.16. The maximum absolute atomic E-state index is 13.5. The summed E-state index contributed by atoms with van der Waals surface area (Å²) in [4.78, 5) is 54.4. The zero-order valence-corrected chi connectivity index (χ0v) is 30.2. The predicted octanol–water partition coefficient (Wildman–Crippen LogP) is 6.57. The van der Waals surface area contributed by atoms with E-state index >= 15 is 0 Å². The van der Waals surface area contributed by atoms with Crippen molar-refractivity contribution in [1.29, 1.82) is 0 Å². The van der Waals surface area contributed by atoms with E-state index in [1.54, 1.807) is 38.1 Å². The molecule has 19 heteroatoms. The van der Waals surface area contributed by atoms with Gasteiger partial charge in [-0.3, -0.25) is 19.7 Å². The Hall–Kier alpha value is -5.62. The lowest BCUT2D eigenvalue weighted by Gasteiger charge is -2.25. The highest BCUT2D eigenvalue weighted by Crippen LogP contribution is 2.48. The molecule has 0 radical (unpaired) electrons. The zero-order chi connectivity index (χ0) is 38.7. The number of hydrogen-bond donors (Lipinski definition) is 5. The quantitative estimate of drug-likeness (QED) is 0.0650. The van der Waals surface area contributed by atoms with E-state index in [1.807, 2.05) is 12.1 Å². The molecule has 54 heavy (non-hydrogen) atoms. The highest BCUT2D eigenvalue weighted by atomic mass is 35.5. The zero-order valence-electron chi connectivity index (χ0n) is 28.6. The van der Waals surface area contributed by atoms with Crippen LogP contribution in [0.2, 0.25) is 5.02 Å². The molecule has 5 N–H and O–H groups in total. The van der Waals surface area contributed by atoms with Crippen molar-refractivity contribution in [3.05, 3.63) is 88.7 Å². The Kier molecular flexibility index (Phi) is 10.9. The molecule has 3 aromatic carbocycles. The predicted molar refractivity (Wildman–Crippen MR) is 194 cm³/mol. The third-order valence-electron chi connectivity index (χ3n) is 8.11. The summed E-state index contributed by atoms with van der Waals surface area (Å²) in [6.45, 7) is 2.15. The van der Waals surface area contributed by atoms with Crippen molar-refractivity contribution in [3.63, 3.8) is 0 Å². The van der Waals surface area contributed by atoms with Gasteiger partial charge in [-0.05, 0) is 78.4 Å². The molecule has 0 unspecified atom stereocenters. The number of nitrogens with one attached hydrogen (secondary N) is 5. The lowest BCUT2D eigenvalue weighted by atomic mass is 9.93. The molecule has 1 aliphatic rings. The molecular formula is C35H32ClF4N9O4S.